The van der Waals surface area contributed by atoms with Gasteiger partial charge in [-0.05, 0) is 26.3 Å². The van der Waals surface area contributed by atoms with Crippen molar-refractivity contribution in [1.29, 1.82) is 0 Å². The lowest BCUT2D eigenvalue weighted by Crippen LogP contribution is -2.36. The zero-order chi connectivity index (χ0) is 11.5. The summed E-state index contributed by atoms with van der Waals surface area (Å²) in [5.41, 5.74) is 5.50. The summed E-state index contributed by atoms with van der Waals surface area (Å²) < 4.78 is 1.93. The normalized spacial score (nSPS) is 17.4. The molecule has 0 amide bonds. The summed E-state index contributed by atoms with van der Waals surface area (Å²) in [6.07, 6.45) is 3.51. The Kier molecular flexibility index (Phi) is 3.88. The number of hydrogen-bond acceptors (Lipinski definition) is 3. The van der Waals surface area contributed by atoms with E-state index in [0.29, 0.717) is 12.5 Å². The molecule has 15 heavy (non-hydrogen) atoms. The molecule has 4 nitrogen and oxygen atoms in total. The van der Waals surface area contributed by atoms with Gasteiger partial charge in [-0.15, -0.1) is 0 Å². The van der Waals surface area contributed by atoms with Gasteiger partial charge in [-0.2, -0.15) is 5.10 Å². The van der Waals surface area contributed by atoms with Gasteiger partial charge in [-0.3, -0.25) is 4.68 Å². The van der Waals surface area contributed by atoms with Crippen LogP contribution in [0.25, 0.3) is 0 Å². The molecule has 0 aromatic carbocycles. The van der Waals surface area contributed by atoms with Gasteiger partial charge in [0.1, 0.15) is 0 Å². The Balaban J connectivity index is 2.68. The van der Waals surface area contributed by atoms with E-state index in [2.05, 4.69) is 18.9 Å². The first kappa shape index (κ1) is 12.2. The van der Waals surface area contributed by atoms with Crippen LogP contribution in [-0.2, 0) is 6.42 Å². The van der Waals surface area contributed by atoms with Gasteiger partial charge in [0.25, 0.3) is 0 Å². The van der Waals surface area contributed by atoms with Crippen molar-refractivity contribution >= 4 is 0 Å². The molecule has 0 fully saturated rings. The highest BCUT2D eigenvalue weighted by Crippen LogP contribution is 2.13. The van der Waals surface area contributed by atoms with Gasteiger partial charge in [-0.25, -0.2) is 0 Å². The van der Waals surface area contributed by atoms with Crippen molar-refractivity contribution in [1.82, 2.24) is 9.78 Å². The highest BCUT2D eigenvalue weighted by atomic mass is 16.3. The van der Waals surface area contributed by atoms with Crippen molar-refractivity contribution in [3.05, 3.63) is 18.0 Å². The van der Waals surface area contributed by atoms with E-state index in [1.165, 1.54) is 0 Å². The van der Waals surface area contributed by atoms with E-state index in [1.54, 1.807) is 6.92 Å². The van der Waals surface area contributed by atoms with Crippen LogP contribution >= 0.6 is 0 Å². The number of hydrogen-bond donors (Lipinski definition) is 2. The van der Waals surface area contributed by atoms with Crippen LogP contribution in [-0.4, -0.2) is 27.0 Å². The fourth-order valence-electron chi connectivity index (χ4n) is 1.37. The number of aromatic nitrogens is 2. The third-order valence-electron chi connectivity index (χ3n) is 2.71. The highest BCUT2D eigenvalue weighted by molar-refractivity contribution is 5.04. The molecule has 1 rings (SSSR count). The predicted molar refractivity (Wildman–Crippen MR) is 60.6 cm³/mol. The van der Waals surface area contributed by atoms with Crippen molar-refractivity contribution in [3.63, 3.8) is 0 Å². The van der Waals surface area contributed by atoms with Crippen molar-refractivity contribution in [2.24, 2.45) is 5.73 Å². The Hall–Kier alpha value is -0.870. The lowest BCUT2D eigenvalue weighted by atomic mass is 10.0. The van der Waals surface area contributed by atoms with E-state index in [9.17, 15) is 5.11 Å². The van der Waals surface area contributed by atoms with E-state index in [1.807, 2.05) is 16.9 Å². The summed E-state index contributed by atoms with van der Waals surface area (Å²) >= 11 is 0. The zero-order valence-electron chi connectivity index (χ0n) is 9.77. The second-order valence-electron chi connectivity index (χ2n) is 4.42. The molecule has 4 heteroatoms. The van der Waals surface area contributed by atoms with Crippen molar-refractivity contribution < 1.29 is 5.11 Å². The van der Waals surface area contributed by atoms with Gasteiger partial charge in [0.05, 0.1) is 11.3 Å². The molecule has 2 atom stereocenters. The lowest BCUT2D eigenvalue weighted by Gasteiger charge is -2.19. The SMILES string of the molecule is CCC(C)n1ccc(CC(C)(O)CN)n1. The van der Waals surface area contributed by atoms with E-state index >= 15 is 0 Å². The zero-order valence-corrected chi connectivity index (χ0v) is 9.77. The van der Waals surface area contributed by atoms with Crippen molar-refractivity contribution in [2.75, 3.05) is 6.54 Å². The maximum absolute atomic E-state index is 9.81. The standard InChI is InChI=1S/C11H21N3O/c1-4-9(2)14-6-5-10(13-14)7-11(3,15)8-12/h5-6,9,15H,4,7-8,12H2,1-3H3. The average Bonchev–Trinajstić information content (AvgIpc) is 2.64. The third-order valence-corrected chi connectivity index (χ3v) is 2.71. The van der Waals surface area contributed by atoms with Crippen molar-refractivity contribution in [2.45, 2.75) is 45.3 Å². The number of nitrogens with two attached hydrogens (primary N) is 1. The monoisotopic (exact) mass is 211 g/mol. The van der Waals surface area contributed by atoms with Crippen LogP contribution in [0.5, 0.6) is 0 Å². The summed E-state index contributed by atoms with van der Waals surface area (Å²) in [5.74, 6) is 0. The minimum Gasteiger partial charge on any atom is -0.388 e. The van der Waals surface area contributed by atoms with Crippen molar-refractivity contribution in [3.8, 4) is 0 Å². The summed E-state index contributed by atoms with van der Waals surface area (Å²) in [6.45, 7) is 6.23. The maximum atomic E-state index is 9.81. The number of nitrogens with zero attached hydrogens (tertiary/aromatic N) is 2. The predicted octanol–water partition coefficient (Wildman–Crippen LogP) is 1.11. The van der Waals surface area contributed by atoms with Crippen LogP contribution in [0.4, 0.5) is 0 Å². The first-order valence-electron chi connectivity index (χ1n) is 5.45. The second-order valence-corrected chi connectivity index (χ2v) is 4.42. The fourth-order valence-corrected chi connectivity index (χ4v) is 1.37. The minimum absolute atomic E-state index is 0.253. The van der Waals surface area contributed by atoms with E-state index in [-0.39, 0.29) is 6.54 Å². The smallest absolute Gasteiger partial charge is 0.0797 e. The molecule has 1 aromatic rings. The molecule has 2 unspecified atom stereocenters. The maximum Gasteiger partial charge on any atom is 0.0797 e. The first-order valence-corrected chi connectivity index (χ1v) is 5.45. The van der Waals surface area contributed by atoms with Crippen LogP contribution in [0.3, 0.4) is 0 Å². The van der Waals surface area contributed by atoms with Crippen LogP contribution in [0.1, 0.15) is 38.9 Å². The fraction of sp³-hybridized carbons (Fsp3) is 0.727. The molecule has 0 aliphatic carbocycles. The first-order chi connectivity index (χ1) is 6.98. The average molecular weight is 211 g/mol. The van der Waals surface area contributed by atoms with E-state index in [0.717, 1.165) is 12.1 Å². The van der Waals surface area contributed by atoms with E-state index < -0.39 is 5.60 Å². The van der Waals surface area contributed by atoms with Crippen LogP contribution in [0.15, 0.2) is 12.3 Å². The molecule has 1 heterocycles. The van der Waals surface area contributed by atoms with Gasteiger partial charge in [0.15, 0.2) is 0 Å². The van der Waals surface area contributed by atoms with Crippen LogP contribution in [0.2, 0.25) is 0 Å². The number of rotatable bonds is 5. The molecule has 0 aliphatic rings. The molecule has 0 saturated carbocycles. The second kappa shape index (κ2) is 4.77. The summed E-state index contributed by atoms with van der Waals surface area (Å²) in [6, 6.07) is 2.35. The molecular formula is C11H21N3O. The Labute approximate surface area is 91.1 Å². The molecular weight excluding hydrogens is 190 g/mol. The number of aliphatic hydroxyl groups is 1. The molecule has 0 saturated heterocycles. The van der Waals surface area contributed by atoms with Gasteiger partial charge in [-0.1, -0.05) is 6.92 Å². The molecule has 0 radical (unpaired) electrons. The van der Waals surface area contributed by atoms with E-state index in [4.69, 9.17) is 5.73 Å². The molecule has 3 N–H and O–H groups in total. The van der Waals surface area contributed by atoms with Gasteiger partial charge < -0.3 is 10.8 Å². The largest absolute Gasteiger partial charge is 0.388 e. The topological polar surface area (TPSA) is 64.1 Å². The van der Waals surface area contributed by atoms with Crippen LogP contribution in [0, 0.1) is 0 Å². The Bertz CT molecular complexity index is 307. The molecule has 0 bridgehead atoms. The van der Waals surface area contributed by atoms with Gasteiger partial charge >= 0.3 is 0 Å². The molecule has 86 valence electrons. The highest BCUT2D eigenvalue weighted by Gasteiger charge is 2.20. The third kappa shape index (κ3) is 3.32. The molecule has 0 spiro atoms. The summed E-state index contributed by atoms with van der Waals surface area (Å²) in [7, 11) is 0. The minimum atomic E-state index is -0.853. The van der Waals surface area contributed by atoms with Crippen LogP contribution < -0.4 is 5.73 Å². The van der Waals surface area contributed by atoms with Gasteiger partial charge in [0.2, 0.25) is 0 Å². The summed E-state index contributed by atoms with van der Waals surface area (Å²) in [4.78, 5) is 0. The molecule has 1 aromatic heterocycles. The Morgan fingerprint density at radius 1 is 1.67 bits per heavy atom. The Morgan fingerprint density at radius 3 is 2.87 bits per heavy atom. The summed E-state index contributed by atoms with van der Waals surface area (Å²) in [5, 5.41) is 14.2. The quantitative estimate of drug-likeness (QED) is 0.766. The molecule has 0 aliphatic heterocycles. The Morgan fingerprint density at radius 2 is 2.33 bits per heavy atom. The lowest BCUT2D eigenvalue weighted by molar-refractivity contribution is 0.0684. The van der Waals surface area contributed by atoms with Gasteiger partial charge in [0, 0.05) is 25.2 Å².